The Hall–Kier alpha value is -2.87. The van der Waals surface area contributed by atoms with Gasteiger partial charge in [0.2, 0.25) is 5.95 Å². The van der Waals surface area contributed by atoms with Gasteiger partial charge >= 0.3 is 0 Å². The molecule has 0 bridgehead atoms. The number of nitrogens with one attached hydrogen (secondary N) is 1. The molecule has 0 aliphatic heterocycles. The fraction of sp³-hybridized carbons (Fsp3) is 0.176. The van der Waals surface area contributed by atoms with Crippen LogP contribution in [0.25, 0.3) is 11.4 Å². The van der Waals surface area contributed by atoms with E-state index in [1.165, 1.54) is 0 Å². The van der Waals surface area contributed by atoms with Gasteiger partial charge in [0.1, 0.15) is 5.75 Å². The van der Waals surface area contributed by atoms with Crippen LogP contribution in [0.4, 0.5) is 5.95 Å². The molecule has 3 rings (SSSR count). The van der Waals surface area contributed by atoms with Crippen LogP contribution >= 0.6 is 0 Å². The summed E-state index contributed by atoms with van der Waals surface area (Å²) < 4.78 is 30.1. The first-order chi connectivity index (χ1) is 12.0. The van der Waals surface area contributed by atoms with E-state index in [0.717, 1.165) is 15.9 Å². The molecule has 0 amide bonds. The summed E-state index contributed by atoms with van der Waals surface area (Å²) in [4.78, 5) is 4.34. The van der Waals surface area contributed by atoms with Crippen LogP contribution in [-0.4, -0.2) is 36.0 Å². The quantitative estimate of drug-likeness (QED) is 0.728. The van der Waals surface area contributed by atoms with E-state index in [9.17, 15) is 8.42 Å². The fourth-order valence-corrected chi connectivity index (χ4v) is 2.92. The van der Waals surface area contributed by atoms with Gasteiger partial charge in [0.05, 0.1) is 13.4 Å². The fourth-order valence-electron chi connectivity index (χ4n) is 2.28. The molecule has 0 saturated heterocycles. The van der Waals surface area contributed by atoms with Crippen LogP contribution in [0.3, 0.4) is 0 Å². The number of benzene rings is 2. The second-order valence-corrected chi connectivity index (χ2v) is 7.24. The van der Waals surface area contributed by atoms with Gasteiger partial charge in [-0.3, -0.25) is 0 Å². The molecule has 130 valence electrons. The SMILES string of the molecule is COc1ccc(-c2nc(NCc3ccccc3)n(S(C)(=O)=O)n2)cc1. The molecule has 0 aliphatic rings. The van der Waals surface area contributed by atoms with Crippen molar-refractivity contribution < 1.29 is 13.2 Å². The molecule has 2 aromatic carbocycles. The maximum Gasteiger partial charge on any atom is 0.254 e. The maximum atomic E-state index is 12.0. The number of anilines is 1. The van der Waals surface area contributed by atoms with Crippen molar-refractivity contribution in [1.82, 2.24) is 14.2 Å². The van der Waals surface area contributed by atoms with Crippen LogP contribution < -0.4 is 10.1 Å². The van der Waals surface area contributed by atoms with Crippen molar-refractivity contribution in [3.63, 3.8) is 0 Å². The minimum Gasteiger partial charge on any atom is -0.497 e. The molecule has 0 aliphatic carbocycles. The predicted octanol–water partition coefficient (Wildman–Crippen LogP) is 2.37. The second-order valence-electron chi connectivity index (χ2n) is 5.43. The zero-order valence-corrected chi connectivity index (χ0v) is 14.7. The van der Waals surface area contributed by atoms with Gasteiger partial charge < -0.3 is 10.1 Å². The summed E-state index contributed by atoms with van der Waals surface area (Å²) in [6.45, 7) is 0.442. The molecule has 1 heterocycles. The lowest BCUT2D eigenvalue weighted by molar-refractivity contribution is 0.415. The first kappa shape index (κ1) is 17.0. The van der Waals surface area contributed by atoms with Crippen molar-refractivity contribution in [3.05, 3.63) is 60.2 Å². The summed E-state index contributed by atoms with van der Waals surface area (Å²) in [5.74, 6) is 1.20. The molecule has 0 fully saturated rings. The van der Waals surface area contributed by atoms with Crippen LogP contribution in [0.2, 0.25) is 0 Å². The molecule has 0 atom stereocenters. The lowest BCUT2D eigenvalue weighted by Crippen LogP contribution is -2.16. The Morgan fingerprint density at radius 1 is 1.08 bits per heavy atom. The van der Waals surface area contributed by atoms with Crippen molar-refractivity contribution in [1.29, 1.82) is 0 Å². The van der Waals surface area contributed by atoms with Gasteiger partial charge in [0.25, 0.3) is 10.0 Å². The smallest absolute Gasteiger partial charge is 0.254 e. The van der Waals surface area contributed by atoms with Crippen molar-refractivity contribution in [2.24, 2.45) is 0 Å². The highest BCUT2D eigenvalue weighted by Crippen LogP contribution is 2.22. The molecule has 1 N–H and O–H groups in total. The number of rotatable bonds is 6. The van der Waals surface area contributed by atoms with Gasteiger partial charge in [-0.05, 0) is 29.8 Å². The molecule has 7 nitrogen and oxygen atoms in total. The maximum absolute atomic E-state index is 12.0. The number of ether oxygens (including phenoxy) is 1. The zero-order chi connectivity index (χ0) is 17.9. The molecular formula is C17H18N4O3S. The van der Waals surface area contributed by atoms with Crippen molar-refractivity contribution >= 4 is 16.0 Å². The number of aromatic nitrogens is 3. The van der Waals surface area contributed by atoms with E-state index in [-0.39, 0.29) is 5.95 Å². The summed E-state index contributed by atoms with van der Waals surface area (Å²) in [5, 5.41) is 7.17. The van der Waals surface area contributed by atoms with E-state index in [0.29, 0.717) is 23.7 Å². The zero-order valence-electron chi connectivity index (χ0n) is 13.9. The molecular weight excluding hydrogens is 340 g/mol. The van der Waals surface area contributed by atoms with E-state index >= 15 is 0 Å². The van der Waals surface area contributed by atoms with Crippen molar-refractivity contribution in [3.8, 4) is 17.1 Å². The number of nitrogens with zero attached hydrogens (tertiary/aromatic N) is 3. The van der Waals surface area contributed by atoms with Crippen molar-refractivity contribution in [2.45, 2.75) is 6.54 Å². The first-order valence-corrected chi connectivity index (χ1v) is 9.42. The highest BCUT2D eigenvalue weighted by Gasteiger charge is 2.18. The minimum atomic E-state index is -3.58. The highest BCUT2D eigenvalue weighted by atomic mass is 32.2. The Morgan fingerprint density at radius 3 is 2.36 bits per heavy atom. The largest absolute Gasteiger partial charge is 0.497 e. The third-order valence-electron chi connectivity index (χ3n) is 3.53. The molecule has 0 radical (unpaired) electrons. The topological polar surface area (TPSA) is 86.1 Å². The van der Waals surface area contributed by atoms with Gasteiger partial charge in [-0.15, -0.1) is 9.19 Å². The van der Waals surface area contributed by atoms with E-state index in [1.807, 2.05) is 30.3 Å². The third-order valence-corrected chi connectivity index (χ3v) is 4.42. The van der Waals surface area contributed by atoms with E-state index in [2.05, 4.69) is 15.4 Å². The van der Waals surface area contributed by atoms with Crippen LogP contribution in [-0.2, 0) is 16.6 Å². The van der Waals surface area contributed by atoms with E-state index in [1.54, 1.807) is 31.4 Å². The van der Waals surface area contributed by atoms with Crippen LogP contribution in [0, 0.1) is 0 Å². The molecule has 0 unspecified atom stereocenters. The van der Waals surface area contributed by atoms with Gasteiger partial charge in [0, 0.05) is 12.1 Å². The molecule has 8 heteroatoms. The predicted molar refractivity (Wildman–Crippen MR) is 96.0 cm³/mol. The summed E-state index contributed by atoms with van der Waals surface area (Å²) >= 11 is 0. The van der Waals surface area contributed by atoms with Gasteiger partial charge in [-0.25, -0.2) is 8.42 Å². The minimum absolute atomic E-state index is 0.178. The lowest BCUT2D eigenvalue weighted by Gasteiger charge is -2.06. The Labute approximate surface area is 146 Å². The van der Waals surface area contributed by atoms with Gasteiger partial charge in [-0.1, -0.05) is 30.3 Å². The van der Waals surface area contributed by atoms with Crippen LogP contribution in [0.1, 0.15) is 5.56 Å². The monoisotopic (exact) mass is 358 g/mol. The number of hydrogen-bond acceptors (Lipinski definition) is 6. The average Bonchev–Trinajstić information content (AvgIpc) is 3.06. The molecule has 0 saturated carbocycles. The summed E-state index contributed by atoms with van der Waals surface area (Å²) in [6.07, 6.45) is 1.09. The van der Waals surface area contributed by atoms with Crippen LogP contribution in [0.15, 0.2) is 54.6 Å². The Bertz CT molecular complexity index is 951. The van der Waals surface area contributed by atoms with Crippen LogP contribution in [0.5, 0.6) is 5.75 Å². The Kier molecular flexibility index (Phi) is 4.71. The van der Waals surface area contributed by atoms with Crippen molar-refractivity contribution in [2.75, 3.05) is 18.7 Å². The molecule has 1 aromatic heterocycles. The Morgan fingerprint density at radius 2 is 1.76 bits per heavy atom. The normalized spacial score (nSPS) is 11.3. The third kappa shape index (κ3) is 3.97. The first-order valence-electron chi connectivity index (χ1n) is 7.57. The Balaban J connectivity index is 1.92. The standard InChI is InChI=1S/C17H18N4O3S/c1-24-15-10-8-14(9-11-15)16-19-17(21(20-16)25(2,22)23)18-12-13-6-4-3-5-7-13/h3-11H,12H2,1-2H3,(H,18,19,20). The molecule has 25 heavy (non-hydrogen) atoms. The second kappa shape index (κ2) is 6.94. The number of methoxy groups -OCH3 is 1. The summed E-state index contributed by atoms with van der Waals surface area (Å²) in [5.41, 5.74) is 1.71. The summed E-state index contributed by atoms with van der Waals surface area (Å²) in [7, 11) is -2.00. The lowest BCUT2D eigenvalue weighted by atomic mass is 10.2. The summed E-state index contributed by atoms with van der Waals surface area (Å²) in [6, 6.07) is 16.7. The molecule has 0 spiro atoms. The molecule has 3 aromatic rings. The average molecular weight is 358 g/mol. The number of hydrogen-bond donors (Lipinski definition) is 1. The van der Waals surface area contributed by atoms with E-state index < -0.39 is 10.0 Å². The van der Waals surface area contributed by atoms with E-state index in [4.69, 9.17) is 4.74 Å². The van der Waals surface area contributed by atoms with Gasteiger partial charge in [0.15, 0.2) is 5.82 Å². The van der Waals surface area contributed by atoms with Gasteiger partial charge in [-0.2, -0.15) is 4.98 Å². The highest BCUT2D eigenvalue weighted by molar-refractivity contribution is 7.89.